The number of allylic oxidation sites excluding steroid dienone is 2. The van der Waals surface area contributed by atoms with Crippen LogP contribution in [0.25, 0.3) is 0 Å². The number of anilines is 1. The zero-order chi connectivity index (χ0) is 25.7. The van der Waals surface area contributed by atoms with Gasteiger partial charge in [-0.05, 0) is 63.1 Å². The molecule has 0 saturated heterocycles. The highest BCUT2D eigenvalue weighted by molar-refractivity contribution is 9.10. The lowest BCUT2D eigenvalue weighted by Gasteiger charge is -2.28. The summed E-state index contributed by atoms with van der Waals surface area (Å²) in [5.74, 6) is -1.46. The van der Waals surface area contributed by atoms with Gasteiger partial charge in [-0.3, -0.25) is 4.79 Å². The molecule has 1 aliphatic heterocycles. The first-order valence-electron chi connectivity index (χ1n) is 10.9. The van der Waals surface area contributed by atoms with E-state index in [9.17, 15) is 14.9 Å². The molecule has 3 N–H and O–H groups in total. The summed E-state index contributed by atoms with van der Waals surface area (Å²) in [6, 6.07) is 12.9. The second-order valence-corrected chi connectivity index (χ2v) is 8.87. The lowest BCUT2D eigenvalue weighted by Crippen LogP contribution is -2.26. The molecule has 9 heteroatoms. The topological polar surface area (TPSA) is 124 Å². The number of hydrogen-bond acceptors (Lipinski definition) is 7. The summed E-state index contributed by atoms with van der Waals surface area (Å²) < 4.78 is 17.3. The van der Waals surface area contributed by atoms with Crippen molar-refractivity contribution >= 4 is 33.5 Å². The molecule has 3 rings (SSSR count). The van der Waals surface area contributed by atoms with Gasteiger partial charge in [-0.15, -0.1) is 0 Å². The van der Waals surface area contributed by atoms with Gasteiger partial charge in [0.15, 0.2) is 6.61 Å². The molecule has 0 saturated carbocycles. The zero-order valence-electron chi connectivity index (χ0n) is 19.9. The Bertz CT molecular complexity index is 1280. The number of nitrogens with two attached hydrogens (primary N) is 1. The van der Waals surface area contributed by atoms with Crippen molar-refractivity contribution in [1.29, 1.82) is 5.26 Å². The largest absolute Gasteiger partial charge is 0.483 e. The average Bonchev–Trinajstić information content (AvgIpc) is 2.80. The molecule has 2 aromatic carbocycles. The normalized spacial score (nSPS) is 15.3. The molecule has 35 heavy (non-hydrogen) atoms. The Balaban J connectivity index is 1.96. The zero-order valence-corrected chi connectivity index (χ0v) is 21.5. The Morgan fingerprint density at radius 1 is 1.20 bits per heavy atom. The molecule has 1 atom stereocenters. The van der Waals surface area contributed by atoms with Gasteiger partial charge in [0.1, 0.15) is 23.2 Å². The van der Waals surface area contributed by atoms with Gasteiger partial charge in [-0.25, -0.2) is 4.79 Å². The van der Waals surface area contributed by atoms with Crippen LogP contribution >= 0.6 is 15.9 Å². The number of rotatable bonds is 7. The lowest BCUT2D eigenvalue weighted by atomic mass is 9.82. The molecule has 0 fully saturated rings. The Morgan fingerprint density at radius 2 is 1.94 bits per heavy atom. The number of nitrogens with one attached hydrogen (secondary N) is 1. The van der Waals surface area contributed by atoms with E-state index in [-0.39, 0.29) is 41.9 Å². The van der Waals surface area contributed by atoms with E-state index in [0.717, 1.165) is 11.1 Å². The molecule has 0 spiro atoms. The molecule has 8 nitrogen and oxygen atoms in total. The van der Waals surface area contributed by atoms with Gasteiger partial charge < -0.3 is 25.3 Å². The first kappa shape index (κ1) is 25.8. The Labute approximate surface area is 212 Å². The molecule has 0 radical (unpaired) electrons. The molecule has 0 aliphatic carbocycles. The molecule has 1 heterocycles. The van der Waals surface area contributed by atoms with Crippen LogP contribution in [0.2, 0.25) is 0 Å². The van der Waals surface area contributed by atoms with Gasteiger partial charge >= 0.3 is 5.97 Å². The van der Waals surface area contributed by atoms with Gasteiger partial charge in [0.25, 0.3) is 5.91 Å². The SMILES string of the molecule is CCOC(=O)C1=C(C)OC(N)=C(C#N)C1c1cc(Br)ccc1OCC(=O)Nc1cc(C)ccc1C. The van der Waals surface area contributed by atoms with Crippen LogP contribution in [0.4, 0.5) is 5.69 Å². The Morgan fingerprint density at radius 3 is 2.63 bits per heavy atom. The van der Waals surface area contributed by atoms with E-state index in [2.05, 4.69) is 21.2 Å². The maximum Gasteiger partial charge on any atom is 0.338 e. The van der Waals surface area contributed by atoms with Gasteiger partial charge in [0.2, 0.25) is 5.88 Å². The Kier molecular flexibility index (Phi) is 8.20. The van der Waals surface area contributed by atoms with Gasteiger partial charge in [-0.1, -0.05) is 28.1 Å². The van der Waals surface area contributed by atoms with Crippen molar-refractivity contribution in [2.45, 2.75) is 33.6 Å². The van der Waals surface area contributed by atoms with E-state index in [1.165, 1.54) is 0 Å². The highest BCUT2D eigenvalue weighted by atomic mass is 79.9. The first-order chi connectivity index (χ1) is 16.7. The second kappa shape index (κ2) is 11.1. The summed E-state index contributed by atoms with van der Waals surface area (Å²) in [7, 11) is 0. The number of ether oxygens (including phenoxy) is 3. The Hall–Kier alpha value is -3.77. The quantitative estimate of drug-likeness (QED) is 0.487. The molecular formula is C26H26BrN3O5. The molecule has 0 aromatic heterocycles. The number of nitrogens with zero attached hydrogens (tertiary/aromatic N) is 1. The maximum absolute atomic E-state index is 12.8. The van der Waals surface area contributed by atoms with E-state index in [0.29, 0.717) is 21.5 Å². The molecule has 0 bridgehead atoms. The van der Waals surface area contributed by atoms with Crippen molar-refractivity contribution < 1.29 is 23.8 Å². The molecule has 2 aromatic rings. The highest BCUT2D eigenvalue weighted by Crippen LogP contribution is 2.43. The lowest BCUT2D eigenvalue weighted by molar-refractivity contribution is -0.139. The summed E-state index contributed by atoms with van der Waals surface area (Å²) in [5.41, 5.74) is 9.28. The van der Waals surface area contributed by atoms with Crippen molar-refractivity contribution in [3.63, 3.8) is 0 Å². The van der Waals surface area contributed by atoms with Crippen molar-refractivity contribution in [2.75, 3.05) is 18.5 Å². The number of hydrogen-bond donors (Lipinski definition) is 2. The summed E-state index contributed by atoms with van der Waals surface area (Å²) in [5, 5.41) is 12.7. The summed E-state index contributed by atoms with van der Waals surface area (Å²) >= 11 is 3.43. The number of amides is 1. The number of aryl methyl sites for hydroxylation is 2. The predicted octanol–water partition coefficient (Wildman–Crippen LogP) is 4.73. The van der Waals surface area contributed by atoms with Crippen LogP contribution in [-0.4, -0.2) is 25.1 Å². The number of benzene rings is 2. The first-order valence-corrected chi connectivity index (χ1v) is 11.7. The number of carbonyl (C=O) groups excluding carboxylic acids is 2. The van der Waals surface area contributed by atoms with E-state index in [1.807, 2.05) is 38.1 Å². The van der Waals surface area contributed by atoms with Gasteiger partial charge in [0, 0.05) is 15.7 Å². The number of carbonyl (C=O) groups is 2. The minimum absolute atomic E-state index is 0.0430. The fourth-order valence-electron chi connectivity index (χ4n) is 3.74. The molecule has 1 amide bonds. The molecule has 1 aliphatic rings. The van der Waals surface area contributed by atoms with Crippen LogP contribution in [0.3, 0.4) is 0 Å². The van der Waals surface area contributed by atoms with E-state index < -0.39 is 11.9 Å². The van der Waals surface area contributed by atoms with Crippen molar-refractivity contribution in [1.82, 2.24) is 0 Å². The van der Waals surface area contributed by atoms with Crippen molar-refractivity contribution in [3.8, 4) is 11.8 Å². The second-order valence-electron chi connectivity index (χ2n) is 7.95. The minimum Gasteiger partial charge on any atom is -0.483 e. The molecule has 1 unspecified atom stereocenters. The summed E-state index contributed by atoms with van der Waals surface area (Å²) in [6.45, 7) is 6.96. The van der Waals surface area contributed by atoms with Crippen LogP contribution in [0.5, 0.6) is 5.75 Å². The number of halogens is 1. The van der Waals surface area contributed by atoms with Gasteiger partial charge in [-0.2, -0.15) is 5.26 Å². The van der Waals surface area contributed by atoms with Crippen molar-refractivity contribution in [2.24, 2.45) is 5.73 Å². The highest BCUT2D eigenvalue weighted by Gasteiger charge is 2.38. The van der Waals surface area contributed by atoms with Crippen LogP contribution in [0.15, 0.2) is 63.7 Å². The van der Waals surface area contributed by atoms with Gasteiger partial charge in [0.05, 0.1) is 18.1 Å². The van der Waals surface area contributed by atoms with E-state index in [1.54, 1.807) is 32.0 Å². The summed E-state index contributed by atoms with van der Waals surface area (Å²) in [4.78, 5) is 25.5. The fraction of sp³-hybridized carbons (Fsp3) is 0.269. The monoisotopic (exact) mass is 539 g/mol. The maximum atomic E-state index is 12.8. The standard InChI is InChI=1S/C26H26BrN3O5/c1-5-33-26(32)23-16(4)35-25(29)19(12-28)24(23)18-11-17(27)8-9-21(18)34-13-22(31)30-20-10-14(2)6-7-15(20)3/h6-11,24H,5,13,29H2,1-4H3,(H,30,31). The van der Waals surface area contributed by atoms with E-state index >= 15 is 0 Å². The fourth-order valence-corrected chi connectivity index (χ4v) is 4.12. The molecular weight excluding hydrogens is 514 g/mol. The third-order valence-corrected chi connectivity index (χ3v) is 5.90. The van der Waals surface area contributed by atoms with E-state index in [4.69, 9.17) is 19.9 Å². The number of esters is 1. The predicted molar refractivity (Wildman–Crippen MR) is 134 cm³/mol. The third kappa shape index (κ3) is 5.84. The average molecular weight is 540 g/mol. The van der Waals surface area contributed by atoms with Crippen LogP contribution in [-0.2, 0) is 19.1 Å². The molecule has 182 valence electrons. The minimum atomic E-state index is -0.901. The van der Waals surface area contributed by atoms with Crippen molar-refractivity contribution in [3.05, 3.63) is 80.3 Å². The number of nitriles is 1. The van der Waals surface area contributed by atoms with Crippen LogP contribution in [0.1, 0.15) is 36.5 Å². The smallest absolute Gasteiger partial charge is 0.338 e. The third-order valence-electron chi connectivity index (χ3n) is 5.41. The summed E-state index contributed by atoms with van der Waals surface area (Å²) in [6.07, 6.45) is 0. The van der Waals surface area contributed by atoms with Crippen LogP contribution in [0, 0.1) is 25.2 Å². The van der Waals surface area contributed by atoms with Crippen LogP contribution < -0.4 is 15.8 Å².